The van der Waals surface area contributed by atoms with Crippen LogP contribution < -0.4 is 10.1 Å². The second kappa shape index (κ2) is 6.04. The fraction of sp³-hybridized carbons (Fsp3) is 0.294. The molecule has 1 aliphatic heterocycles. The van der Waals surface area contributed by atoms with Crippen molar-refractivity contribution in [3.05, 3.63) is 64.4 Å². The topological polar surface area (TPSA) is 21.3 Å². The molecule has 0 amide bonds. The van der Waals surface area contributed by atoms with Crippen LogP contribution in [0.5, 0.6) is 5.75 Å². The van der Waals surface area contributed by atoms with E-state index in [4.69, 9.17) is 16.3 Å². The summed E-state index contributed by atoms with van der Waals surface area (Å²) in [6.07, 6.45) is 1.71. The normalized spacial score (nSPS) is 18.1. The highest BCUT2D eigenvalue weighted by molar-refractivity contribution is 6.30. The number of benzene rings is 2. The largest absolute Gasteiger partial charge is 0.488 e. The molecular formula is C17H17ClFNO. The summed E-state index contributed by atoms with van der Waals surface area (Å²) in [5, 5.41) is 3.46. The Hall–Kier alpha value is -1.58. The zero-order valence-electron chi connectivity index (χ0n) is 11.8. The summed E-state index contributed by atoms with van der Waals surface area (Å²) < 4.78 is 19.2. The number of likely N-dealkylation sites (N-methyl/N-ethyl adjacent to an activating group) is 1. The third kappa shape index (κ3) is 3.04. The van der Waals surface area contributed by atoms with Crippen molar-refractivity contribution in [1.82, 2.24) is 5.32 Å². The number of hydrogen-bond donors (Lipinski definition) is 1. The van der Waals surface area contributed by atoms with Gasteiger partial charge in [0.1, 0.15) is 17.7 Å². The van der Waals surface area contributed by atoms with Crippen LogP contribution in [0.4, 0.5) is 4.39 Å². The van der Waals surface area contributed by atoms with E-state index in [0.29, 0.717) is 0 Å². The molecule has 1 aliphatic rings. The van der Waals surface area contributed by atoms with Crippen molar-refractivity contribution in [3.63, 3.8) is 0 Å². The van der Waals surface area contributed by atoms with Gasteiger partial charge in [0.2, 0.25) is 0 Å². The molecule has 0 radical (unpaired) electrons. The minimum absolute atomic E-state index is 0.0798. The molecule has 0 saturated heterocycles. The van der Waals surface area contributed by atoms with E-state index < -0.39 is 0 Å². The Balaban J connectivity index is 1.73. The Morgan fingerprint density at radius 2 is 2.14 bits per heavy atom. The maximum Gasteiger partial charge on any atom is 0.141 e. The first-order valence-electron chi connectivity index (χ1n) is 7.03. The highest BCUT2D eigenvalue weighted by atomic mass is 35.5. The number of hydrogen-bond acceptors (Lipinski definition) is 2. The zero-order chi connectivity index (χ0) is 14.8. The molecule has 1 heterocycles. The van der Waals surface area contributed by atoms with Crippen molar-refractivity contribution in [2.75, 3.05) is 7.05 Å². The molecule has 2 nitrogen and oxygen atoms in total. The maximum atomic E-state index is 13.2. The molecule has 2 atom stereocenters. The van der Waals surface area contributed by atoms with Gasteiger partial charge in [0, 0.05) is 12.5 Å². The van der Waals surface area contributed by atoms with Crippen molar-refractivity contribution >= 4 is 11.6 Å². The smallest absolute Gasteiger partial charge is 0.141 e. The maximum absolute atomic E-state index is 13.2. The summed E-state index contributed by atoms with van der Waals surface area (Å²) in [5.74, 6) is 0.575. The van der Waals surface area contributed by atoms with E-state index in [1.807, 2.05) is 25.2 Å². The summed E-state index contributed by atoms with van der Waals surface area (Å²) in [7, 11) is 1.92. The Bertz CT molecular complexity index is 621. The van der Waals surface area contributed by atoms with E-state index in [2.05, 4.69) is 11.4 Å². The lowest BCUT2D eigenvalue weighted by Crippen LogP contribution is -2.42. The third-order valence-electron chi connectivity index (χ3n) is 3.93. The Labute approximate surface area is 128 Å². The number of halogens is 2. The van der Waals surface area contributed by atoms with Crippen LogP contribution in [0, 0.1) is 5.82 Å². The van der Waals surface area contributed by atoms with Gasteiger partial charge >= 0.3 is 0 Å². The van der Waals surface area contributed by atoms with Gasteiger partial charge in [-0.2, -0.15) is 0 Å². The van der Waals surface area contributed by atoms with Crippen LogP contribution in [0.3, 0.4) is 0 Å². The fourth-order valence-electron chi connectivity index (χ4n) is 2.77. The van der Waals surface area contributed by atoms with Gasteiger partial charge in [-0.3, -0.25) is 0 Å². The van der Waals surface area contributed by atoms with Gasteiger partial charge in [-0.25, -0.2) is 4.39 Å². The third-order valence-corrected chi connectivity index (χ3v) is 4.22. The molecule has 2 aromatic rings. The summed E-state index contributed by atoms with van der Waals surface area (Å²) >= 11 is 5.85. The van der Waals surface area contributed by atoms with Gasteiger partial charge in [0.25, 0.3) is 0 Å². The summed E-state index contributed by atoms with van der Waals surface area (Å²) in [6, 6.07) is 13.1. The fourth-order valence-corrected chi connectivity index (χ4v) is 2.98. The zero-order valence-corrected chi connectivity index (χ0v) is 12.5. The van der Waals surface area contributed by atoms with Crippen LogP contribution in [0.25, 0.3) is 0 Å². The number of para-hydroxylation sites is 1. The van der Waals surface area contributed by atoms with E-state index in [0.717, 1.165) is 24.2 Å². The molecular weight excluding hydrogens is 289 g/mol. The number of rotatable bonds is 4. The first-order valence-corrected chi connectivity index (χ1v) is 7.41. The van der Waals surface area contributed by atoms with Crippen LogP contribution in [0.1, 0.15) is 11.1 Å². The van der Waals surface area contributed by atoms with Crippen molar-refractivity contribution in [1.29, 1.82) is 0 Å². The molecule has 0 saturated carbocycles. The molecule has 21 heavy (non-hydrogen) atoms. The average Bonchev–Trinajstić information content (AvgIpc) is 2.92. The molecule has 0 bridgehead atoms. The summed E-state index contributed by atoms with van der Waals surface area (Å²) in [6.45, 7) is 0. The standard InChI is InChI=1S/C17H17ClFNO/c1-20-15(9-11-6-7-14(19)13(18)8-11)17-10-12-4-2-3-5-16(12)21-17/h2-8,15,17,20H,9-10H2,1H3. The van der Waals surface area contributed by atoms with Gasteiger partial charge in [-0.15, -0.1) is 0 Å². The average molecular weight is 306 g/mol. The van der Waals surface area contributed by atoms with Crippen LogP contribution in [-0.2, 0) is 12.8 Å². The molecule has 110 valence electrons. The van der Waals surface area contributed by atoms with Crippen molar-refractivity contribution in [2.24, 2.45) is 0 Å². The first kappa shape index (κ1) is 14.4. The molecule has 3 rings (SSSR count). The minimum atomic E-state index is -0.383. The molecule has 0 spiro atoms. The first-order chi connectivity index (χ1) is 10.2. The lowest BCUT2D eigenvalue weighted by atomic mass is 9.98. The predicted molar refractivity (Wildman–Crippen MR) is 82.5 cm³/mol. The second-order valence-corrected chi connectivity index (χ2v) is 5.72. The van der Waals surface area contributed by atoms with Gasteiger partial charge in [0.05, 0.1) is 5.02 Å². The Morgan fingerprint density at radius 3 is 2.86 bits per heavy atom. The highest BCUT2D eigenvalue weighted by Gasteiger charge is 2.29. The number of fused-ring (bicyclic) bond motifs is 1. The van der Waals surface area contributed by atoms with Crippen molar-refractivity contribution in [2.45, 2.75) is 25.0 Å². The number of nitrogens with one attached hydrogen (secondary N) is 1. The van der Waals surface area contributed by atoms with Gasteiger partial charge in [-0.05, 0) is 42.8 Å². The predicted octanol–water partition coefficient (Wildman–Crippen LogP) is 3.61. The van der Waals surface area contributed by atoms with Crippen molar-refractivity contribution < 1.29 is 9.13 Å². The lowest BCUT2D eigenvalue weighted by Gasteiger charge is -2.23. The number of ether oxygens (including phenoxy) is 1. The monoisotopic (exact) mass is 305 g/mol. The summed E-state index contributed by atoms with van der Waals surface area (Å²) in [4.78, 5) is 0. The van der Waals surface area contributed by atoms with Crippen molar-refractivity contribution in [3.8, 4) is 5.75 Å². The van der Waals surface area contributed by atoms with Crippen LogP contribution >= 0.6 is 11.6 Å². The Kier molecular flexibility index (Phi) is 4.13. The molecule has 0 fully saturated rings. The van der Waals surface area contributed by atoms with E-state index in [-0.39, 0.29) is 23.0 Å². The molecule has 2 aromatic carbocycles. The SMILES string of the molecule is CNC(Cc1ccc(F)c(Cl)c1)C1Cc2ccccc2O1. The second-order valence-electron chi connectivity index (χ2n) is 5.32. The van der Waals surface area contributed by atoms with E-state index in [1.165, 1.54) is 11.6 Å². The lowest BCUT2D eigenvalue weighted by molar-refractivity contribution is 0.182. The van der Waals surface area contributed by atoms with E-state index >= 15 is 0 Å². The minimum Gasteiger partial charge on any atom is -0.488 e. The van der Waals surface area contributed by atoms with E-state index in [1.54, 1.807) is 12.1 Å². The van der Waals surface area contributed by atoms with Crippen LogP contribution in [-0.4, -0.2) is 19.2 Å². The molecule has 0 aliphatic carbocycles. The van der Waals surface area contributed by atoms with Crippen LogP contribution in [0.2, 0.25) is 5.02 Å². The van der Waals surface area contributed by atoms with Gasteiger partial charge in [0.15, 0.2) is 0 Å². The van der Waals surface area contributed by atoms with Gasteiger partial charge < -0.3 is 10.1 Å². The molecule has 4 heteroatoms. The Morgan fingerprint density at radius 1 is 1.33 bits per heavy atom. The molecule has 2 unspecified atom stereocenters. The van der Waals surface area contributed by atoms with Crippen LogP contribution in [0.15, 0.2) is 42.5 Å². The summed E-state index contributed by atoms with van der Waals surface area (Å²) in [5.41, 5.74) is 2.24. The quantitative estimate of drug-likeness (QED) is 0.931. The van der Waals surface area contributed by atoms with E-state index in [9.17, 15) is 4.39 Å². The highest BCUT2D eigenvalue weighted by Crippen LogP contribution is 2.30. The van der Waals surface area contributed by atoms with Gasteiger partial charge in [-0.1, -0.05) is 35.9 Å². The molecule has 1 N–H and O–H groups in total. The molecule has 0 aromatic heterocycles.